The molecule has 1 amide bonds. The van der Waals surface area contributed by atoms with Crippen molar-refractivity contribution in [2.45, 2.75) is 51.3 Å². The summed E-state index contributed by atoms with van der Waals surface area (Å²) < 4.78 is 10.9. The molecule has 5 heteroatoms. The van der Waals surface area contributed by atoms with Crippen molar-refractivity contribution in [1.29, 1.82) is 0 Å². The van der Waals surface area contributed by atoms with E-state index in [1.807, 2.05) is 20.8 Å². The van der Waals surface area contributed by atoms with Crippen LogP contribution in [0.15, 0.2) is 0 Å². The van der Waals surface area contributed by atoms with Crippen molar-refractivity contribution in [3.8, 4) is 0 Å². The Bertz CT molecular complexity index is 314. The minimum Gasteiger partial charge on any atom is -0.444 e. The van der Waals surface area contributed by atoms with E-state index >= 15 is 0 Å². The van der Waals surface area contributed by atoms with Crippen molar-refractivity contribution < 1.29 is 14.3 Å². The second kappa shape index (κ2) is 5.05. The summed E-state index contributed by atoms with van der Waals surface area (Å²) in [5, 5.41) is 0. The maximum Gasteiger partial charge on any atom is 0.410 e. The lowest BCUT2D eigenvalue weighted by Gasteiger charge is -2.29. The van der Waals surface area contributed by atoms with Crippen LogP contribution >= 0.6 is 0 Å². The lowest BCUT2D eigenvalue weighted by atomic mass is 9.92. The summed E-state index contributed by atoms with van der Waals surface area (Å²) in [6, 6.07) is 0.224. The van der Waals surface area contributed by atoms with E-state index in [9.17, 15) is 4.79 Å². The Morgan fingerprint density at radius 3 is 2.67 bits per heavy atom. The van der Waals surface area contributed by atoms with Crippen LogP contribution in [0.4, 0.5) is 4.79 Å². The molecule has 0 spiro atoms. The van der Waals surface area contributed by atoms with Gasteiger partial charge in [-0.2, -0.15) is 0 Å². The van der Waals surface area contributed by atoms with Crippen molar-refractivity contribution in [3.05, 3.63) is 0 Å². The number of hydrogen-bond donors (Lipinski definition) is 1. The van der Waals surface area contributed by atoms with Gasteiger partial charge in [0.15, 0.2) is 0 Å². The van der Waals surface area contributed by atoms with Gasteiger partial charge in [0.25, 0.3) is 0 Å². The SMILES string of the molecule is CC(C)(C)OC(=O)N1CC(N)C2CCOCCC21. The van der Waals surface area contributed by atoms with Gasteiger partial charge in [-0.25, -0.2) is 4.79 Å². The van der Waals surface area contributed by atoms with Crippen molar-refractivity contribution in [3.63, 3.8) is 0 Å². The zero-order valence-corrected chi connectivity index (χ0v) is 11.5. The maximum atomic E-state index is 12.2. The molecule has 0 aromatic rings. The minimum absolute atomic E-state index is 0.0456. The van der Waals surface area contributed by atoms with Gasteiger partial charge in [-0.05, 0) is 39.5 Å². The molecule has 0 aliphatic carbocycles. The summed E-state index contributed by atoms with van der Waals surface area (Å²) in [4.78, 5) is 14.0. The summed E-state index contributed by atoms with van der Waals surface area (Å²) in [5.41, 5.74) is 5.69. The molecule has 2 aliphatic heterocycles. The van der Waals surface area contributed by atoms with E-state index < -0.39 is 5.60 Å². The maximum absolute atomic E-state index is 12.2. The Balaban J connectivity index is 2.06. The highest BCUT2D eigenvalue weighted by Gasteiger charge is 2.43. The molecule has 0 radical (unpaired) electrons. The van der Waals surface area contributed by atoms with Gasteiger partial charge < -0.3 is 20.1 Å². The highest BCUT2D eigenvalue weighted by Crippen LogP contribution is 2.31. The van der Waals surface area contributed by atoms with Crippen LogP contribution in [0.3, 0.4) is 0 Å². The molecule has 0 aromatic carbocycles. The van der Waals surface area contributed by atoms with E-state index in [0.717, 1.165) is 19.4 Å². The fourth-order valence-corrected chi connectivity index (χ4v) is 2.85. The Labute approximate surface area is 109 Å². The zero-order valence-electron chi connectivity index (χ0n) is 11.5. The van der Waals surface area contributed by atoms with Gasteiger partial charge in [0.05, 0.1) is 0 Å². The third-order valence-electron chi connectivity index (χ3n) is 3.63. The Morgan fingerprint density at radius 2 is 2.00 bits per heavy atom. The number of carbonyl (C=O) groups is 1. The standard InChI is InChI=1S/C13H24N2O3/c1-13(2,3)18-12(16)15-8-10(14)9-4-6-17-7-5-11(9)15/h9-11H,4-8,14H2,1-3H3. The summed E-state index contributed by atoms with van der Waals surface area (Å²) in [7, 11) is 0. The average molecular weight is 256 g/mol. The van der Waals surface area contributed by atoms with Gasteiger partial charge in [-0.3, -0.25) is 0 Å². The highest BCUT2D eigenvalue weighted by atomic mass is 16.6. The number of nitrogens with zero attached hydrogens (tertiary/aromatic N) is 1. The Hall–Kier alpha value is -0.810. The van der Waals surface area contributed by atoms with Gasteiger partial charge in [-0.1, -0.05) is 0 Å². The predicted octanol–water partition coefficient (Wildman–Crippen LogP) is 1.36. The van der Waals surface area contributed by atoms with Crippen molar-refractivity contribution in [1.82, 2.24) is 4.90 Å². The lowest BCUT2D eigenvalue weighted by Crippen LogP contribution is -2.41. The van der Waals surface area contributed by atoms with E-state index in [-0.39, 0.29) is 18.2 Å². The fourth-order valence-electron chi connectivity index (χ4n) is 2.85. The largest absolute Gasteiger partial charge is 0.444 e. The molecule has 2 saturated heterocycles. The zero-order chi connectivity index (χ0) is 13.3. The second-order valence-corrected chi connectivity index (χ2v) is 6.22. The molecule has 2 N–H and O–H groups in total. The molecular weight excluding hydrogens is 232 g/mol. The molecule has 3 atom stereocenters. The number of fused-ring (bicyclic) bond motifs is 1. The van der Waals surface area contributed by atoms with Crippen LogP contribution < -0.4 is 5.73 Å². The molecule has 0 saturated carbocycles. The van der Waals surface area contributed by atoms with Crippen LogP contribution in [-0.2, 0) is 9.47 Å². The van der Waals surface area contributed by atoms with Crippen molar-refractivity contribution in [2.24, 2.45) is 11.7 Å². The number of nitrogens with two attached hydrogens (primary N) is 1. The molecular formula is C13H24N2O3. The van der Waals surface area contributed by atoms with E-state index in [1.54, 1.807) is 4.90 Å². The first kappa shape index (κ1) is 13.6. The van der Waals surface area contributed by atoms with Gasteiger partial charge in [0, 0.05) is 31.8 Å². The number of rotatable bonds is 0. The summed E-state index contributed by atoms with van der Waals surface area (Å²) in [6.07, 6.45) is 1.55. The lowest BCUT2D eigenvalue weighted by molar-refractivity contribution is 0.0195. The van der Waals surface area contributed by atoms with Crippen LogP contribution in [0, 0.1) is 5.92 Å². The van der Waals surface area contributed by atoms with E-state index in [2.05, 4.69) is 0 Å². The molecule has 3 unspecified atom stereocenters. The predicted molar refractivity (Wildman–Crippen MR) is 68.2 cm³/mol. The van der Waals surface area contributed by atoms with Crippen LogP contribution in [-0.4, -0.2) is 48.4 Å². The van der Waals surface area contributed by atoms with Crippen LogP contribution in [0.1, 0.15) is 33.6 Å². The highest BCUT2D eigenvalue weighted by molar-refractivity contribution is 5.69. The number of carbonyl (C=O) groups excluding carboxylic acids is 1. The number of ether oxygens (including phenoxy) is 2. The third-order valence-corrected chi connectivity index (χ3v) is 3.63. The Morgan fingerprint density at radius 1 is 1.33 bits per heavy atom. The quantitative estimate of drug-likeness (QED) is 0.710. The molecule has 18 heavy (non-hydrogen) atoms. The van der Waals surface area contributed by atoms with Gasteiger partial charge in [0.1, 0.15) is 5.60 Å². The second-order valence-electron chi connectivity index (χ2n) is 6.22. The minimum atomic E-state index is -0.458. The third kappa shape index (κ3) is 2.95. The number of hydrogen-bond acceptors (Lipinski definition) is 4. The average Bonchev–Trinajstić information content (AvgIpc) is 2.46. The van der Waals surface area contributed by atoms with Gasteiger partial charge >= 0.3 is 6.09 Å². The summed E-state index contributed by atoms with van der Waals surface area (Å²) in [5.74, 6) is 0.347. The Kier molecular flexibility index (Phi) is 3.82. The molecule has 2 fully saturated rings. The smallest absolute Gasteiger partial charge is 0.410 e. The first-order valence-corrected chi connectivity index (χ1v) is 6.71. The number of likely N-dealkylation sites (tertiary alicyclic amines) is 1. The van der Waals surface area contributed by atoms with Crippen LogP contribution in [0.25, 0.3) is 0 Å². The fraction of sp³-hybridized carbons (Fsp3) is 0.923. The van der Waals surface area contributed by atoms with E-state index in [0.29, 0.717) is 19.1 Å². The first-order chi connectivity index (χ1) is 8.38. The van der Waals surface area contributed by atoms with Crippen molar-refractivity contribution in [2.75, 3.05) is 19.8 Å². The van der Waals surface area contributed by atoms with Gasteiger partial charge in [0.2, 0.25) is 0 Å². The topological polar surface area (TPSA) is 64.8 Å². The summed E-state index contributed by atoms with van der Waals surface area (Å²) in [6.45, 7) is 7.70. The molecule has 104 valence electrons. The molecule has 0 aromatic heterocycles. The molecule has 5 nitrogen and oxygen atoms in total. The molecule has 0 bridgehead atoms. The molecule has 2 heterocycles. The van der Waals surface area contributed by atoms with Crippen LogP contribution in [0.5, 0.6) is 0 Å². The molecule has 2 rings (SSSR count). The van der Waals surface area contributed by atoms with E-state index in [4.69, 9.17) is 15.2 Å². The van der Waals surface area contributed by atoms with Crippen molar-refractivity contribution >= 4 is 6.09 Å². The summed E-state index contributed by atoms with van der Waals surface area (Å²) >= 11 is 0. The monoisotopic (exact) mass is 256 g/mol. The van der Waals surface area contributed by atoms with Crippen LogP contribution in [0.2, 0.25) is 0 Å². The molecule has 2 aliphatic rings. The van der Waals surface area contributed by atoms with E-state index in [1.165, 1.54) is 0 Å². The first-order valence-electron chi connectivity index (χ1n) is 6.71. The van der Waals surface area contributed by atoms with Gasteiger partial charge in [-0.15, -0.1) is 0 Å². The normalized spacial score (nSPS) is 32.9. The number of amides is 1.